The van der Waals surface area contributed by atoms with E-state index in [0.29, 0.717) is 23.7 Å². The summed E-state index contributed by atoms with van der Waals surface area (Å²) in [5.74, 6) is 0.604. The number of benzene rings is 1. The molecule has 1 aromatic rings. The molecule has 1 saturated heterocycles. The lowest BCUT2D eigenvalue weighted by Gasteiger charge is -2.30. The molecule has 1 aromatic carbocycles. The normalized spacial score (nSPS) is 16.6. The lowest BCUT2D eigenvalue weighted by atomic mass is 9.98. The van der Waals surface area contributed by atoms with E-state index in [1.807, 2.05) is 17.9 Å². The highest BCUT2D eigenvalue weighted by molar-refractivity contribution is 5.96. The van der Waals surface area contributed by atoms with Gasteiger partial charge in [0, 0.05) is 38.0 Å². The third-order valence-electron chi connectivity index (χ3n) is 4.83. The van der Waals surface area contributed by atoms with Crippen molar-refractivity contribution in [3.63, 3.8) is 0 Å². The van der Waals surface area contributed by atoms with Gasteiger partial charge in [0.2, 0.25) is 5.91 Å². The van der Waals surface area contributed by atoms with Crippen LogP contribution in [0.4, 0.5) is 5.69 Å². The minimum absolute atomic E-state index is 0.0652. The first-order chi connectivity index (χ1) is 11.9. The molecular weight excluding hydrogens is 318 g/mol. The third kappa shape index (κ3) is 5.28. The molecule has 2 amide bonds. The zero-order valence-corrected chi connectivity index (χ0v) is 15.4. The van der Waals surface area contributed by atoms with Gasteiger partial charge in [0.25, 0.3) is 5.91 Å². The summed E-state index contributed by atoms with van der Waals surface area (Å²) in [5, 5.41) is 2.86. The maximum atomic E-state index is 12.6. The Morgan fingerprint density at radius 3 is 2.60 bits per heavy atom. The molecule has 0 radical (unpaired) electrons. The monoisotopic (exact) mass is 347 g/mol. The lowest BCUT2D eigenvalue weighted by Crippen LogP contribution is -2.37. The summed E-state index contributed by atoms with van der Waals surface area (Å²) >= 11 is 0. The van der Waals surface area contributed by atoms with Crippen molar-refractivity contribution in [2.45, 2.75) is 39.2 Å². The van der Waals surface area contributed by atoms with Crippen LogP contribution in [0.15, 0.2) is 18.2 Å². The smallest absolute Gasteiger partial charge is 0.253 e. The molecule has 6 heteroatoms. The molecular formula is C19H29N3O3. The van der Waals surface area contributed by atoms with Gasteiger partial charge in [0.05, 0.1) is 12.5 Å². The molecule has 1 fully saturated rings. The SMILES string of the molecule is COC(CN)CC(=O)Nc1ccc(C(=O)N2CCC(C)CC2)cc1C. The molecule has 0 bridgehead atoms. The lowest BCUT2D eigenvalue weighted by molar-refractivity contribution is -0.118. The Hall–Kier alpha value is -1.92. The van der Waals surface area contributed by atoms with Crippen molar-refractivity contribution in [2.24, 2.45) is 11.7 Å². The molecule has 138 valence electrons. The number of amides is 2. The van der Waals surface area contributed by atoms with Gasteiger partial charge in [-0.3, -0.25) is 9.59 Å². The number of carbonyl (C=O) groups is 2. The van der Waals surface area contributed by atoms with Gasteiger partial charge in [-0.2, -0.15) is 0 Å². The largest absolute Gasteiger partial charge is 0.380 e. The van der Waals surface area contributed by atoms with Crippen LogP contribution in [-0.2, 0) is 9.53 Å². The maximum absolute atomic E-state index is 12.6. The number of methoxy groups -OCH3 is 1. The molecule has 25 heavy (non-hydrogen) atoms. The van der Waals surface area contributed by atoms with Gasteiger partial charge in [-0.1, -0.05) is 6.92 Å². The van der Waals surface area contributed by atoms with Crippen molar-refractivity contribution in [2.75, 3.05) is 32.1 Å². The average molecular weight is 347 g/mol. The molecule has 1 aliphatic heterocycles. The first-order valence-corrected chi connectivity index (χ1v) is 8.87. The number of likely N-dealkylation sites (tertiary alicyclic amines) is 1. The van der Waals surface area contributed by atoms with E-state index in [2.05, 4.69) is 12.2 Å². The Bertz CT molecular complexity index is 606. The molecule has 0 spiro atoms. The molecule has 1 aliphatic rings. The van der Waals surface area contributed by atoms with E-state index < -0.39 is 0 Å². The minimum atomic E-state index is -0.289. The summed E-state index contributed by atoms with van der Waals surface area (Å²) < 4.78 is 5.13. The Morgan fingerprint density at radius 1 is 1.36 bits per heavy atom. The number of anilines is 1. The summed E-state index contributed by atoms with van der Waals surface area (Å²) in [6.45, 7) is 6.04. The molecule has 1 heterocycles. The number of ether oxygens (including phenoxy) is 1. The first kappa shape index (κ1) is 19.4. The number of rotatable bonds is 6. The number of hydrogen-bond donors (Lipinski definition) is 2. The van der Waals surface area contributed by atoms with Crippen LogP contribution in [0.5, 0.6) is 0 Å². The third-order valence-corrected chi connectivity index (χ3v) is 4.83. The van der Waals surface area contributed by atoms with Crippen LogP contribution in [0.25, 0.3) is 0 Å². The Balaban J connectivity index is 2.00. The molecule has 6 nitrogen and oxygen atoms in total. The molecule has 0 aromatic heterocycles. The number of nitrogens with one attached hydrogen (secondary N) is 1. The van der Waals surface area contributed by atoms with Crippen molar-refractivity contribution in [1.82, 2.24) is 4.90 Å². The van der Waals surface area contributed by atoms with E-state index in [1.54, 1.807) is 12.1 Å². The van der Waals surface area contributed by atoms with Crippen LogP contribution >= 0.6 is 0 Å². The fourth-order valence-electron chi connectivity index (χ4n) is 3.00. The molecule has 2 rings (SSSR count). The van der Waals surface area contributed by atoms with Gasteiger partial charge in [0.15, 0.2) is 0 Å². The number of piperidine rings is 1. The summed E-state index contributed by atoms with van der Waals surface area (Å²) in [6, 6.07) is 5.41. The molecule has 1 atom stereocenters. The highest BCUT2D eigenvalue weighted by atomic mass is 16.5. The fourth-order valence-corrected chi connectivity index (χ4v) is 3.00. The van der Waals surface area contributed by atoms with Gasteiger partial charge >= 0.3 is 0 Å². The number of nitrogens with zero attached hydrogens (tertiary/aromatic N) is 1. The Kier molecular flexibility index (Phi) is 6.96. The van der Waals surface area contributed by atoms with Crippen LogP contribution in [-0.4, -0.2) is 49.6 Å². The van der Waals surface area contributed by atoms with Crippen LogP contribution in [0.3, 0.4) is 0 Å². The molecule has 0 saturated carbocycles. The Morgan fingerprint density at radius 2 is 2.04 bits per heavy atom. The van der Waals surface area contributed by atoms with Crippen molar-refractivity contribution >= 4 is 17.5 Å². The highest BCUT2D eigenvalue weighted by Crippen LogP contribution is 2.21. The van der Waals surface area contributed by atoms with E-state index >= 15 is 0 Å². The highest BCUT2D eigenvalue weighted by Gasteiger charge is 2.22. The van der Waals surface area contributed by atoms with Crippen molar-refractivity contribution in [3.8, 4) is 0 Å². The second-order valence-corrected chi connectivity index (χ2v) is 6.85. The Labute approximate surface area is 149 Å². The fraction of sp³-hybridized carbons (Fsp3) is 0.579. The quantitative estimate of drug-likeness (QED) is 0.826. The average Bonchev–Trinajstić information content (AvgIpc) is 2.61. The number of nitrogens with two attached hydrogens (primary N) is 1. The zero-order chi connectivity index (χ0) is 18.4. The van der Waals surface area contributed by atoms with E-state index in [1.165, 1.54) is 7.11 Å². The molecule has 1 unspecified atom stereocenters. The molecule has 0 aliphatic carbocycles. The van der Waals surface area contributed by atoms with Gasteiger partial charge in [-0.15, -0.1) is 0 Å². The van der Waals surface area contributed by atoms with Crippen LogP contribution in [0.2, 0.25) is 0 Å². The summed E-state index contributed by atoms with van der Waals surface area (Å²) in [6.07, 6.45) is 2.03. The number of aryl methyl sites for hydroxylation is 1. The van der Waals surface area contributed by atoms with E-state index in [0.717, 1.165) is 31.5 Å². The van der Waals surface area contributed by atoms with Gasteiger partial charge in [-0.05, 0) is 49.4 Å². The standard InChI is InChI=1S/C19H29N3O3/c1-13-6-8-22(9-7-13)19(24)15-4-5-17(14(2)10-15)21-18(23)11-16(12-20)25-3/h4-5,10,13,16H,6-9,11-12,20H2,1-3H3,(H,21,23). The van der Waals surface area contributed by atoms with E-state index in [-0.39, 0.29) is 24.3 Å². The maximum Gasteiger partial charge on any atom is 0.253 e. The second kappa shape index (κ2) is 8.97. The second-order valence-electron chi connectivity index (χ2n) is 6.85. The zero-order valence-electron chi connectivity index (χ0n) is 15.4. The van der Waals surface area contributed by atoms with Crippen molar-refractivity contribution in [3.05, 3.63) is 29.3 Å². The van der Waals surface area contributed by atoms with E-state index in [4.69, 9.17) is 10.5 Å². The molecule has 3 N–H and O–H groups in total. The van der Waals surface area contributed by atoms with Crippen molar-refractivity contribution in [1.29, 1.82) is 0 Å². The predicted octanol–water partition coefficient (Wildman–Crippen LogP) is 2.17. The van der Waals surface area contributed by atoms with Gasteiger partial charge in [-0.25, -0.2) is 0 Å². The van der Waals surface area contributed by atoms with Gasteiger partial charge in [0.1, 0.15) is 0 Å². The van der Waals surface area contributed by atoms with Crippen LogP contribution in [0, 0.1) is 12.8 Å². The number of carbonyl (C=O) groups excluding carboxylic acids is 2. The summed E-state index contributed by atoms with van der Waals surface area (Å²) in [4.78, 5) is 26.6. The summed E-state index contributed by atoms with van der Waals surface area (Å²) in [5.41, 5.74) is 7.78. The van der Waals surface area contributed by atoms with Gasteiger partial charge < -0.3 is 20.7 Å². The first-order valence-electron chi connectivity index (χ1n) is 8.87. The van der Waals surface area contributed by atoms with Crippen LogP contribution < -0.4 is 11.1 Å². The van der Waals surface area contributed by atoms with Crippen molar-refractivity contribution < 1.29 is 14.3 Å². The predicted molar refractivity (Wildman–Crippen MR) is 98.6 cm³/mol. The topological polar surface area (TPSA) is 84.7 Å². The minimum Gasteiger partial charge on any atom is -0.380 e. The number of hydrogen-bond acceptors (Lipinski definition) is 4. The van der Waals surface area contributed by atoms with Crippen LogP contribution in [0.1, 0.15) is 42.1 Å². The van der Waals surface area contributed by atoms with E-state index in [9.17, 15) is 9.59 Å². The summed E-state index contributed by atoms with van der Waals surface area (Å²) in [7, 11) is 1.54.